The number of anilines is 3. The average Bonchev–Trinajstić information content (AvgIpc) is 3.90. The molecule has 0 N–H and O–H groups in total. The minimum atomic E-state index is -0.497. The largest absolute Gasteiger partial charge is 0.310 e. The molecule has 0 atom stereocenters. The molecule has 0 bridgehead atoms. The van der Waals surface area contributed by atoms with E-state index < -0.39 is 5.41 Å². The molecule has 1 aliphatic carbocycles. The van der Waals surface area contributed by atoms with Crippen LogP contribution in [0.3, 0.4) is 0 Å². The Kier molecular flexibility index (Phi) is 9.11. The standard InChI is InChI=1S/C65H44N2/c1-4-23-51(24-5-1)65(52-25-6-2-7-26-52)61-32-14-12-30-57(61)58-38-37-56(44-62(58)65)66(53-27-8-3-9-28-53)54-29-17-22-49(42-54)46-20-16-21-47(40-46)50-35-39-64-60(43-50)59-31-13-15-33-63(59)67(64)55-36-34-45-18-10-11-19-48(45)41-55/h1-44H. The highest BCUT2D eigenvalue weighted by Crippen LogP contribution is 2.57. The first-order valence-electron chi connectivity index (χ1n) is 23.2. The fourth-order valence-corrected chi connectivity index (χ4v) is 11.0. The molecular weight excluding hydrogens is 809 g/mol. The zero-order valence-corrected chi connectivity index (χ0v) is 36.8. The van der Waals surface area contributed by atoms with Gasteiger partial charge in [-0.1, -0.05) is 194 Å². The van der Waals surface area contributed by atoms with Crippen LogP contribution < -0.4 is 4.90 Å². The number of aromatic nitrogens is 1. The summed E-state index contributed by atoms with van der Waals surface area (Å²) in [6.07, 6.45) is 0. The van der Waals surface area contributed by atoms with Crippen LogP contribution in [0.15, 0.2) is 267 Å². The molecule has 314 valence electrons. The van der Waals surface area contributed by atoms with E-state index in [1.165, 1.54) is 88.3 Å². The van der Waals surface area contributed by atoms with Gasteiger partial charge in [0.05, 0.1) is 16.4 Å². The highest BCUT2D eigenvalue weighted by Gasteiger charge is 2.46. The smallest absolute Gasteiger partial charge is 0.0714 e. The van der Waals surface area contributed by atoms with Gasteiger partial charge in [0.1, 0.15) is 0 Å². The SMILES string of the molecule is c1ccc(N(c2cccc(-c3cccc(-c4ccc5c(c4)c4ccccc4n5-c4ccc5ccccc5c4)c3)c2)c2ccc3c(c2)C(c2ccccc2)(c2ccccc2)c2ccccc2-3)cc1. The van der Waals surface area contributed by atoms with Crippen molar-refractivity contribution < 1.29 is 0 Å². The molecule has 0 unspecified atom stereocenters. The Morgan fingerprint density at radius 3 is 1.64 bits per heavy atom. The summed E-state index contributed by atoms with van der Waals surface area (Å²) < 4.78 is 2.41. The first-order valence-corrected chi connectivity index (χ1v) is 23.2. The maximum Gasteiger partial charge on any atom is 0.0714 e. The van der Waals surface area contributed by atoms with E-state index in [4.69, 9.17) is 0 Å². The van der Waals surface area contributed by atoms with Gasteiger partial charge < -0.3 is 9.47 Å². The van der Waals surface area contributed by atoms with E-state index in [1.54, 1.807) is 0 Å². The zero-order valence-electron chi connectivity index (χ0n) is 36.8. The number of hydrogen-bond acceptors (Lipinski definition) is 1. The van der Waals surface area contributed by atoms with Gasteiger partial charge in [-0.2, -0.15) is 0 Å². The van der Waals surface area contributed by atoms with Crippen molar-refractivity contribution in [3.8, 4) is 39.1 Å². The van der Waals surface area contributed by atoms with Crippen molar-refractivity contribution in [2.24, 2.45) is 0 Å². The van der Waals surface area contributed by atoms with E-state index in [0.717, 1.165) is 22.6 Å². The third-order valence-corrected chi connectivity index (χ3v) is 14.0. The summed E-state index contributed by atoms with van der Waals surface area (Å²) in [7, 11) is 0. The lowest BCUT2D eigenvalue weighted by Gasteiger charge is -2.35. The lowest BCUT2D eigenvalue weighted by molar-refractivity contribution is 0.768. The quantitative estimate of drug-likeness (QED) is 0.148. The van der Waals surface area contributed by atoms with Crippen molar-refractivity contribution >= 4 is 49.6 Å². The van der Waals surface area contributed by atoms with Crippen LogP contribution in [0.4, 0.5) is 17.1 Å². The normalized spacial score (nSPS) is 12.6. The van der Waals surface area contributed by atoms with Gasteiger partial charge in [0.25, 0.3) is 0 Å². The molecule has 12 aromatic rings. The molecule has 2 nitrogen and oxygen atoms in total. The molecule has 0 radical (unpaired) electrons. The highest BCUT2D eigenvalue weighted by molar-refractivity contribution is 6.11. The summed E-state index contributed by atoms with van der Waals surface area (Å²) in [4.78, 5) is 2.41. The summed E-state index contributed by atoms with van der Waals surface area (Å²) in [5.41, 5.74) is 18.7. The van der Waals surface area contributed by atoms with Crippen LogP contribution in [0.2, 0.25) is 0 Å². The second kappa shape index (κ2) is 15.8. The number of benzene rings is 11. The molecule has 1 aromatic heterocycles. The van der Waals surface area contributed by atoms with Gasteiger partial charge in [0.2, 0.25) is 0 Å². The number of fused-ring (bicyclic) bond motifs is 7. The molecule has 0 amide bonds. The first kappa shape index (κ1) is 38.7. The van der Waals surface area contributed by atoms with Gasteiger partial charge in [0, 0.05) is 33.5 Å². The van der Waals surface area contributed by atoms with E-state index in [2.05, 4.69) is 276 Å². The third kappa shape index (κ3) is 6.26. The van der Waals surface area contributed by atoms with Crippen LogP contribution in [0.25, 0.3) is 71.6 Å². The molecule has 1 aliphatic rings. The minimum Gasteiger partial charge on any atom is -0.310 e. The van der Waals surface area contributed by atoms with Crippen LogP contribution in [0.5, 0.6) is 0 Å². The van der Waals surface area contributed by atoms with Gasteiger partial charge in [-0.15, -0.1) is 0 Å². The lowest BCUT2D eigenvalue weighted by Crippen LogP contribution is -2.28. The highest BCUT2D eigenvalue weighted by atomic mass is 15.1. The maximum absolute atomic E-state index is 2.45. The minimum absolute atomic E-state index is 0.497. The predicted octanol–water partition coefficient (Wildman–Crippen LogP) is 17.1. The van der Waals surface area contributed by atoms with Crippen LogP contribution in [-0.4, -0.2) is 4.57 Å². The second-order valence-electron chi connectivity index (χ2n) is 17.7. The van der Waals surface area contributed by atoms with Gasteiger partial charge >= 0.3 is 0 Å². The Hall–Kier alpha value is -8.72. The molecule has 0 spiro atoms. The van der Waals surface area contributed by atoms with Crippen molar-refractivity contribution in [3.05, 3.63) is 289 Å². The van der Waals surface area contributed by atoms with Crippen molar-refractivity contribution in [2.75, 3.05) is 4.90 Å². The number of rotatable bonds is 8. The van der Waals surface area contributed by atoms with Crippen LogP contribution in [-0.2, 0) is 5.41 Å². The van der Waals surface area contributed by atoms with Crippen LogP contribution in [0.1, 0.15) is 22.3 Å². The lowest BCUT2D eigenvalue weighted by atomic mass is 9.67. The van der Waals surface area contributed by atoms with Crippen molar-refractivity contribution in [1.82, 2.24) is 4.57 Å². The number of hydrogen-bond donors (Lipinski definition) is 0. The monoisotopic (exact) mass is 852 g/mol. The summed E-state index contributed by atoms with van der Waals surface area (Å²) >= 11 is 0. The summed E-state index contributed by atoms with van der Waals surface area (Å²) in [5, 5.41) is 4.98. The molecular formula is C65H44N2. The summed E-state index contributed by atoms with van der Waals surface area (Å²) in [6.45, 7) is 0. The second-order valence-corrected chi connectivity index (χ2v) is 17.7. The molecule has 0 fully saturated rings. The van der Waals surface area contributed by atoms with Gasteiger partial charge in [-0.25, -0.2) is 0 Å². The fourth-order valence-electron chi connectivity index (χ4n) is 11.0. The van der Waals surface area contributed by atoms with E-state index in [0.29, 0.717) is 0 Å². The fraction of sp³-hybridized carbons (Fsp3) is 0.0154. The third-order valence-electron chi connectivity index (χ3n) is 14.0. The Bertz CT molecular complexity index is 3770. The van der Waals surface area contributed by atoms with E-state index in [1.807, 2.05) is 0 Å². The molecule has 13 rings (SSSR count). The van der Waals surface area contributed by atoms with Crippen LogP contribution in [0, 0.1) is 0 Å². The molecule has 67 heavy (non-hydrogen) atoms. The van der Waals surface area contributed by atoms with Crippen molar-refractivity contribution in [3.63, 3.8) is 0 Å². The molecule has 2 heteroatoms. The van der Waals surface area contributed by atoms with Gasteiger partial charge in [-0.3, -0.25) is 0 Å². The first-order chi connectivity index (χ1) is 33.2. The topological polar surface area (TPSA) is 8.17 Å². The Morgan fingerprint density at radius 1 is 0.299 bits per heavy atom. The van der Waals surface area contributed by atoms with E-state index >= 15 is 0 Å². The molecule has 11 aromatic carbocycles. The van der Waals surface area contributed by atoms with Crippen molar-refractivity contribution in [1.29, 1.82) is 0 Å². The average molecular weight is 853 g/mol. The zero-order chi connectivity index (χ0) is 44.3. The Labute approximate surface area is 390 Å². The number of nitrogens with zero attached hydrogens (tertiary/aromatic N) is 2. The Morgan fingerprint density at radius 2 is 0.866 bits per heavy atom. The van der Waals surface area contributed by atoms with Crippen LogP contribution >= 0.6 is 0 Å². The van der Waals surface area contributed by atoms with Crippen molar-refractivity contribution in [2.45, 2.75) is 5.41 Å². The summed E-state index contributed by atoms with van der Waals surface area (Å²) in [6, 6.07) is 98.1. The predicted molar refractivity (Wildman–Crippen MR) is 281 cm³/mol. The van der Waals surface area contributed by atoms with Gasteiger partial charge in [-0.05, 0) is 139 Å². The van der Waals surface area contributed by atoms with E-state index in [9.17, 15) is 0 Å². The molecule has 1 heterocycles. The summed E-state index contributed by atoms with van der Waals surface area (Å²) in [5.74, 6) is 0. The number of para-hydroxylation sites is 2. The van der Waals surface area contributed by atoms with Gasteiger partial charge in [0.15, 0.2) is 0 Å². The Balaban J connectivity index is 0.921. The maximum atomic E-state index is 2.45. The van der Waals surface area contributed by atoms with E-state index in [-0.39, 0.29) is 0 Å². The molecule has 0 saturated carbocycles. The molecule has 0 saturated heterocycles. The molecule has 0 aliphatic heterocycles.